The molecule has 1 amide bonds. The van der Waals surface area contributed by atoms with Gasteiger partial charge in [0.15, 0.2) is 5.13 Å². The predicted octanol–water partition coefficient (Wildman–Crippen LogP) is 2.26. The van der Waals surface area contributed by atoms with Crippen LogP contribution in [-0.4, -0.2) is 27.7 Å². The fraction of sp³-hybridized carbons (Fsp3) is 0.500. The quantitative estimate of drug-likeness (QED) is 0.852. The largest absolute Gasteiger partial charge is 0.291 e. The Hall–Kier alpha value is -1.69. The second-order valence-electron chi connectivity index (χ2n) is 5.45. The topological polar surface area (TPSA) is 51.0 Å². The first kappa shape index (κ1) is 13.3. The summed E-state index contributed by atoms with van der Waals surface area (Å²) in [6.07, 6.45) is 3.84. The monoisotopic (exact) mass is 290 g/mol. The molecule has 0 fully saturated rings. The average Bonchev–Trinajstić information content (AvgIpc) is 3.00. The highest BCUT2D eigenvalue weighted by Crippen LogP contribution is 2.38. The summed E-state index contributed by atoms with van der Waals surface area (Å²) in [7, 11) is 3.77. The van der Waals surface area contributed by atoms with Crippen molar-refractivity contribution in [2.45, 2.75) is 26.7 Å². The fourth-order valence-corrected chi connectivity index (χ4v) is 3.57. The molecular weight excluding hydrogens is 272 g/mol. The Kier molecular flexibility index (Phi) is 3.12. The second kappa shape index (κ2) is 4.70. The number of aryl methyl sites for hydroxylation is 2. The summed E-state index contributed by atoms with van der Waals surface area (Å²) in [4.78, 5) is 19.7. The molecule has 3 rings (SSSR count). The zero-order chi connectivity index (χ0) is 14.4. The van der Waals surface area contributed by atoms with E-state index in [0.717, 1.165) is 29.2 Å². The molecule has 0 aliphatic heterocycles. The summed E-state index contributed by atoms with van der Waals surface area (Å²) >= 11 is 1.62. The number of carbonyl (C=O) groups is 1. The van der Waals surface area contributed by atoms with E-state index < -0.39 is 0 Å². The van der Waals surface area contributed by atoms with Gasteiger partial charge in [0.1, 0.15) is 0 Å². The van der Waals surface area contributed by atoms with E-state index in [9.17, 15) is 4.79 Å². The van der Waals surface area contributed by atoms with Crippen LogP contribution in [0.3, 0.4) is 0 Å². The summed E-state index contributed by atoms with van der Waals surface area (Å²) < 4.78 is 1.92. The number of rotatable bonds is 2. The van der Waals surface area contributed by atoms with Gasteiger partial charge in [-0.25, -0.2) is 4.98 Å². The zero-order valence-electron chi connectivity index (χ0n) is 12.2. The van der Waals surface area contributed by atoms with E-state index in [4.69, 9.17) is 0 Å². The number of anilines is 1. The molecule has 1 aliphatic carbocycles. The summed E-state index contributed by atoms with van der Waals surface area (Å²) in [5.74, 6) is 0.0809. The van der Waals surface area contributed by atoms with Gasteiger partial charge in [0.05, 0.1) is 11.9 Å². The number of carbonyl (C=O) groups excluding carboxylic acids is 1. The molecule has 2 aromatic rings. The maximum atomic E-state index is 12.1. The van der Waals surface area contributed by atoms with Crippen molar-refractivity contribution >= 4 is 22.4 Å². The molecule has 2 heterocycles. The van der Waals surface area contributed by atoms with Crippen molar-refractivity contribution in [3.05, 3.63) is 16.8 Å². The van der Waals surface area contributed by atoms with Crippen LogP contribution in [0.2, 0.25) is 0 Å². The minimum atomic E-state index is -0.0186. The highest BCUT2D eigenvalue weighted by atomic mass is 32.1. The number of thiazole rings is 1. The molecule has 0 atom stereocenters. The molecule has 6 heteroatoms. The lowest BCUT2D eigenvalue weighted by atomic mass is 10.0. The van der Waals surface area contributed by atoms with Gasteiger partial charge in [0, 0.05) is 36.1 Å². The van der Waals surface area contributed by atoms with Crippen LogP contribution in [0.15, 0.2) is 6.20 Å². The maximum absolute atomic E-state index is 12.1. The Labute approximate surface area is 122 Å². The number of fused-ring (bicyclic) bond motifs is 3. The van der Waals surface area contributed by atoms with Crippen molar-refractivity contribution < 1.29 is 4.79 Å². The van der Waals surface area contributed by atoms with Crippen molar-refractivity contribution in [2.24, 2.45) is 13.0 Å². The van der Waals surface area contributed by atoms with Crippen LogP contribution in [0.1, 0.15) is 24.4 Å². The van der Waals surface area contributed by atoms with Crippen LogP contribution in [0.25, 0.3) is 11.3 Å². The molecule has 1 aliphatic rings. The molecule has 5 nitrogen and oxygen atoms in total. The Balaban J connectivity index is 2.00. The number of aromatic nitrogens is 3. The predicted molar refractivity (Wildman–Crippen MR) is 80.0 cm³/mol. The number of nitrogens with zero attached hydrogens (tertiary/aromatic N) is 4. The Bertz CT molecular complexity index is 671. The van der Waals surface area contributed by atoms with Crippen molar-refractivity contribution in [1.29, 1.82) is 0 Å². The molecule has 0 N–H and O–H groups in total. The van der Waals surface area contributed by atoms with Crippen LogP contribution >= 0.6 is 11.3 Å². The molecular formula is C14H18N4OS. The lowest BCUT2D eigenvalue weighted by Crippen LogP contribution is -2.30. The zero-order valence-corrected chi connectivity index (χ0v) is 13.0. The highest BCUT2D eigenvalue weighted by Gasteiger charge is 2.26. The van der Waals surface area contributed by atoms with E-state index in [0.29, 0.717) is 0 Å². The first-order valence-corrected chi connectivity index (χ1v) is 7.59. The van der Waals surface area contributed by atoms with Gasteiger partial charge in [-0.1, -0.05) is 13.8 Å². The van der Waals surface area contributed by atoms with Gasteiger partial charge in [-0.3, -0.25) is 14.4 Å². The van der Waals surface area contributed by atoms with Gasteiger partial charge in [-0.15, -0.1) is 11.3 Å². The smallest absolute Gasteiger partial charge is 0.231 e. The molecule has 0 spiro atoms. The standard InChI is InChI=1S/C14H18N4OS/c1-8(2)13(19)17(3)14-16-12-9-7-15-18(4)10(9)5-6-11(12)20-14/h7-8H,5-6H2,1-4H3. The van der Waals surface area contributed by atoms with E-state index in [1.165, 1.54) is 10.6 Å². The Morgan fingerprint density at radius 1 is 1.45 bits per heavy atom. The third-order valence-corrected chi connectivity index (χ3v) is 4.89. The van der Waals surface area contributed by atoms with Gasteiger partial charge in [-0.2, -0.15) is 5.10 Å². The van der Waals surface area contributed by atoms with Gasteiger partial charge < -0.3 is 0 Å². The van der Waals surface area contributed by atoms with Crippen molar-refractivity contribution in [1.82, 2.24) is 14.8 Å². The van der Waals surface area contributed by atoms with Crippen LogP contribution in [-0.2, 0) is 24.7 Å². The number of hydrogen-bond donors (Lipinski definition) is 0. The highest BCUT2D eigenvalue weighted by molar-refractivity contribution is 7.16. The van der Waals surface area contributed by atoms with E-state index in [1.807, 2.05) is 31.8 Å². The van der Waals surface area contributed by atoms with E-state index in [1.54, 1.807) is 23.3 Å². The summed E-state index contributed by atoms with van der Waals surface area (Å²) in [5, 5.41) is 5.10. The van der Waals surface area contributed by atoms with Gasteiger partial charge >= 0.3 is 0 Å². The van der Waals surface area contributed by atoms with Crippen LogP contribution in [0, 0.1) is 5.92 Å². The fourth-order valence-electron chi connectivity index (χ4n) is 2.53. The normalized spacial score (nSPS) is 13.2. The van der Waals surface area contributed by atoms with Crippen LogP contribution < -0.4 is 4.90 Å². The van der Waals surface area contributed by atoms with Crippen LogP contribution in [0.4, 0.5) is 5.13 Å². The first-order valence-electron chi connectivity index (χ1n) is 6.77. The Morgan fingerprint density at radius 2 is 2.20 bits per heavy atom. The minimum Gasteiger partial charge on any atom is -0.291 e. The van der Waals surface area contributed by atoms with E-state index >= 15 is 0 Å². The number of hydrogen-bond acceptors (Lipinski definition) is 4. The molecule has 0 saturated carbocycles. The molecule has 0 radical (unpaired) electrons. The molecule has 2 aromatic heterocycles. The second-order valence-corrected chi connectivity index (χ2v) is 6.51. The third-order valence-electron chi connectivity index (χ3n) is 3.70. The molecule has 106 valence electrons. The third kappa shape index (κ3) is 1.95. The molecule has 0 unspecified atom stereocenters. The van der Waals surface area contributed by atoms with Gasteiger partial charge in [0.25, 0.3) is 0 Å². The summed E-state index contributed by atoms with van der Waals surface area (Å²) in [6, 6.07) is 0. The SMILES string of the molecule is CC(C)C(=O)N(C)c1nc2c(s1)CCc1c-2cnn1C. The first-order chi connectivity index (χ1) is 9.49. The molecule has 0 aromatic carbocycles. The number of amides is 1. The molecule has 0 saturated heterocycles. The summed E-state index contributed by atoms with van der Waals surface area (Å²) in [5.41, 5.74) is 3.34. The van der Waals surface area contributed by atoms with Gasteiger partial charge in [-0.05, 0) is 12.8 Å². The minimum absolute atomic E-state index is 0.0186. The average molecular weight is 290 g/mol. The van der Waals surface area contributed by atoms with Crippen LogP contribution in [0.5, 0.6) is 0 Å². The van der Waals surface area contributed by atoms with Crippen molar-refractivity contribution in [3.8, 4) is 11.3 Å². The molecule has 0 bridgehead atoms. The summed E-state index contributed by atoms with van der Waals surface area (Å²) in [6.45, 7) is 3.82. The van der Waals surface area contributed by atoms with E-state index in [-0.39, 0.29) is 11.8 Å². The van der Waals surface area contributed by atoms with E-state index in [2.05, 4.69) is 10.1 Å². The van der Waals surface area contributed by atoms with Crippen molar-refractivity contribution in [2.75, 3.05) is 11.9 Å². The van der Waals surface area contributed by atoms with Crippen molar-refractivity contribution in [3.63, 3.8) is 0 Å². The molecule has 20 heavy (non-hydrogen) atoms. The van der Waals surface area contributed by atoms with Gasteiger partial charge in [0.2, 0.25) is 5.91 Å². The lowest BCUT2D eigenvalue weighted by Gasteiger charge is -2.15. The maximum Gasteiger partial charge on any atom is 0.231 e. The Morgan fingerprint density at radius 3 is 2.90 bits per heavy atom. The lowest BCUT2D eigenvalue weighted by molar-refractivity contribution is -0.121.